The number of piperazine rings is 1. The van der Waals surface area contributed by atoms with Gasteiger partial charge in [-0.25, -0.2) is 0 Å². The van der Waals surface area contributed by atoms with Gasteiger partial charge in [-0.1, -0.05) is 32.6 Å². The van der Waals surface area contributed by atoms with Gasteiger partial charge in [0.1, 0.15) is 0 Å². The van der Waals surface area contributed by atoms with Crippen molar-refractivity contribution >= 4 is 0 Å². The fourth-order valence-corrected chi connectivity index (χ4v) is 4.54. The maximum absolute atomic E-state index is 6.16. The van der Waals surface area contributed by atoms with Gasteiger partial charge in [-0.2, -0.15) is 0 Å². The van der Waals surface area contributed by atoms with Gasteiger partial charge in [0.25, 0.3) is 0 Å². The van der Waals surface area contributed by atoms with Crippen molar-refractivity contribution in [2.75, 3.05) is 32.8 Å². The molecule has 0 aromatic heterocycles. The molecule has 122 valence electrons. The zero-order chi connectivity index (χ0) is 14.5. The lowest BCUT2D eigenvalue weighted by atomic mass is 9.96. The van der Waals surface area contributed by atoms with Gasteiger partial charge in [-0.3, -0.25) is 9.80 Å². The van der Waals surface area contributed by atoms with E-state index in [2.05, 4.69) is 16.7 Å². The number of rotatable bonds is 5. The number of ether oxygens (including phenoxy) is 1. The number of fused-ring (bicyclic) bond motifs is 1. The highest BCUT2D eigenvalue weighted by Crippen LogP contribution is 2.25. The first-order valence-electron chi connectivity index (χ1n) is 9.46. The predicted molar refractivity (Wildman–Crippen MR) is 87.7 cm³/mol. The van der Waals surface area contributed by atoms with Crippen LogP contribution >= 0.6 is 0 Å². The first-order chi connectivity index (χ1) is 10.4. The molecular weight excluding hydrogens is 260 g/mol. The molecule has 0 aromatic rings. The first-order valence-corrected chi connectivity index (χ1v) is 9.46. The monoisotopic (exact) mass is 294 g/mol. The number of piperidine rings is 1. The SMILES string of the molecule is CCC1CN2CCCCC2CN1CCOC1CCCCC1. The molecule has 3 heteroatoms. The lowest BCUT2D eigenvalue weighted by Gasteiger charge is -2.48. The van der Waals surface area contributed by atoms with E-state index >= 15 is 0 Å². The van der Waals surface area contributed by atoms with Crippen molar-refractivity contribution in [2.24, 2.45) is 0 Å². The third kappa shape index (κ3) is 4.20. The van der Waals surface area contributed by atoms with Crippen LogP contribution in [0.5, 0.6) is 0 Å². The standard InChI is InChI=1S/C18H34N2O/c1-2-16-14-19-11-7-6-8-17(19)15-20(16)12-13-21-18-9-4-3-5-10-18/h16-18H,2-15H2,1H3. The number of nitrogens with zero attached hydrogens (tertiary/aromatic N) is 2. The van der Waals surface area contributed by atoms with Crippen molar-refractivity contribution in [2.45, 2.75) is 82.9 Å². The van der Waals surface area contributed by atoms with E-state index in [4.69, 9.17) is 4.74 Å². The average molecular weight is 294 g/mol. The summed E-state index contributed by atoms with van der Waals surface area (Å²) in [7, 11) is 0. The second-order valence-corrected chi connectivity index (χ2v) is 7.33. The van der Waals surface area contributed by atoms with Crippen molar-refractivity contribution in [3.8, 4) is 0 Å². The molecule has 0 N–H and O–H groups in total. The van der Waals surface area contributed by atoms with Crippen LogP contribution in [0.4, 0.5) is 0 Å². The molecule has 0 bridgehead atoms. The summed E-state index contributed by atoms with van der Waals surface area (Å²) in [6.45, 7) is 8.38. The Morgan fingerprint density at radius 2 is 1.76 bits per heavy atom. The molecule has 0 radical (unpaired) electrons. The van der Waals surface area contributed by atoms with E-state index in [1.54, 1.807) is 0 Å². The van der Waals surface area contributed by atoms with Gasteiger partial charge >= 0.3 is 0 Å². The smallest absolute Gasteiger partial charge is 0.0597 e. The highest BCUT2D eigenvalue weighted by molar-refractivity contribution is 4.90. The molecule has 21 heavy (non-hydrogen) atoms. The number of hydrogen-bond acceptors (Lipinski definition) is 3. The van der Waals surface area contributed by atoms with Crippen LogP contribution in [0.25, 0.3) is 0 Å². The Balaban J connectivity index is 1.44. The molecule has 3 fully saturated rings. The third-order valence-electron chi connectivity index (χ3n) is 5.91. The van der Waals surface area contributed by atoms with Crippen LogP contribution in [-0.4, -0.2) is 60.8 Å². The van der Waals surface area contributed by atoms with E-state index in [0.717, 1.165) is 25.2 Å². The molecule has 1 saturated carbocycles. The predicted octanol–water partition coefficient (Wildman–Crippen LogP) is 3.28. The summed E-state index contributed by atoms with van der Waals surface area (Å²) in [5.74, 6) is 0. The molecule has 1 aliphatic carbocycles. The molecule has 0 amide bonds. The van der Waals surface area contributed by atoms with Gasteiger partial charge in [0.15, 0.2) is 0 Å². The van der Waals surface area contributed by atoms with Gasteiger partial charge in [-0.05, 0) is 38.6 Å². The van der Waals surface area contributed by atoms with Crippen LogP contribution in [0.15, 0.2) is 0 Å². The van der Waals surface area contributed by atoms with Crippen LogP contribution in [0.3, 0.4) is 0 Å². The molecule has 2 aliphatic heterocycles. The van der Waals surface area contributed by atoms with Crippen molar-refractivity contribution in [3.63, 3.8) is 0 Å². The largest absolute Gasteiger partial charge is 0.377 e. The summed E-state index contributed by atoms with van der Waals surface area (Å²) in [6.07, 6.45) is 12.9. The maximum atomic E-state index is 6.16. The summed E-state index contributed by atoms with van der Waals surface area (Å²) in [5.41, 5.74) is 0. The second kappa shape index (κ2) is 7.94. The minimum Gasteiger partial charge on any atom is -0.377 e. The van der Waals surface area contributed by atoms with Crippen LogP contribution in [0.1, 0.15) is 64.7 Å². The molecule has 2 atom stereocenters. The summed E-state index contributed by atoms with van der Waals surface area (Å²) in [6, 6.07) is 1.59. The minimum atomic E-state index is 0.565. The van der Waals surface area contributed by atoms with Gasteiger partial charge < -0.3 is 4.74 Å². The summed E-state index contributed by atoms with van der Waals surface area (Å²) < 4.78 is 6.16. The lowest BCUT2D eigenvalue weighted by molar-refractivity contribution is -0.0267. The quantitative estimate of drug-likeness (QED) is 0.774. The van der Waals surface area contributed by atoms with Crippen molar-refractivity contribution in [1.29, 1.82) is 0 Å². The molecular formula is C18H34N2O. The zero-order valence-electron chi connectivity index (χ0n) is 13.9. The average Bonchev–Trinajstić information content (AvgIpc) is 2.55. The van der Waals surface area contributed by atoms with E-state index in [9.17, 15) is 0 Å². The van der Waals surface area contributed by atoms with Gasteiger partial charge in [0.05, 0.1) is 12.7 Å². The Labute approximate surface area is 131 Å². The molecule has 2 unspecified atom stereocenters. The molecule has 2 heterocycles. The maximum Gasteiger partial charge on any atom is 0.0597 e. The molecule has 2 saturated heterocycles. The molecule has 3 rings (SSSR count). The Morgan fingerprint density at radius 3 is 2.57 bits per heavy atom. The van der Waals surface area contributed by atoms with Crippen LogP contribution < -0.4 is 0 Å². The fourth-order valence-electron chi connectivity index (χ4n) is 4.54. The van der Waals surface area contributed by atoms with E-state index < -0.39 is 0 Å². The highest BCUT2D eigenvalue weighted by atomic mass is 16.5. The molecule has 0 spiro atoms. The first kappa shape index (κ1) is 15.8. The Hall–Kier alpha value is -0.120. The minimum absolute atomic E-state index is 0.565. The topological polar surface area (TPSA) is 15.7 Å². The van der Waals surface area contributed by atoms with Gasteiger partial charge in [0, 0.05) is 31.7 Å². The van der Waals surface area contributed by atoms with E-state index in [-0.39, 0.29) is 0 Å². The summed E-state index contributed by atoms with van der Waals surface area (Å²) in [5, 5.41) is 0. The van der Waals surface area contributed by atoms with Gasteiger partial charge in [0.2, 0.25) is 0 Å². The second-order valence-electron chi connectivity index (χ2n) is 7.33. The zero-order valence-corrected chi connectivity index (χ0v) is 13.9. The highest BCUT2D eigenvalue weighted by Gasteiger charge is 2.33. The Kier molecular flexibility index (Phi) is 5.96. The summed E-state index contributed by atoms with van der Waals surface area (Å²) in [4.78, 5) is 5.49. The van der Waals surface area contributed by atoms with Gasteiger partial charge in [-0.15, -0.1) is 0 Å². The van der Waals surface area contributed by atoms with E-state index in [1.165, 1.54) is 77.4 Å². The molecule has 0 aromatic carbocycles. The van der Waals surface area contributed by atoms with Crippen LogP contribution in [0, 0.1) is 0 Å². The summed E-state index contributed by atoms with van der Waals surface area (Å²) >= 11 is 0. The fraction of sp³-hybridized carbons (Fsp3) is 1.00. The van der Waals surface area contributed by atoms with E-state index in [1.807, 2.05) is 0 Å². The Morgan fingerprint density at radius 1 is 0.952 bits per heavy atom. The molecule has 3 nitrogen and oxygen atoms in total. The van der Waals surface area contributed by atoms with Crippen molar-refractivity contribution in [3.05, 3.63) is 0 Å². The normalized spacial score (nSPS) is 33.0. The number of hydrogen-bond donors (Lipinski definition) is 0. The Bertz CT molecular complexity index is 304. The van der Waals surface area contributed by atoms with Crippen molar-refractivity contribution in [1.82, 2.24) is 9.80 Å². The van der Waals surface area contributed by atoms with Crippen molar-refractivity contribution < 1.29 is 4.74 Å². The molecule has 3 aliphatic rings. The third-order valence-corrected chi connectivity index (χ3v) is 5.91. The van der Waals surface area contributed by atoms with E-state index in [0.29, 0.717) is 6.10 Å². The van der Waals surface area contributed by atoms with Crippen LogP contribution in [0.2, 0.25) is 0 Å². The van der Waals surface area contributed by atoms with Crippen LogP contribution in [-0.2, 0) is 4.74 Å². The lowest BCUT2D eigenvalue weighted by Crippen LogP contribution is -2.59.